The Labute approximate surface area is 114 Å². The van der Waals surface area contributed by atoms with Crippen LogP contribution < -0.4 is 5.32 Å². The van der Waals surface area contributed by atoms with Gasteiger partial charge in [-0.15, -0.1) is 0 Å². The molecule has 1 aliphatic carbocycles. The van der Waals surface area contributed by atoms with Crippen molar-refractivity contribution in [1.82, 2.24) is 10.2 Å². The van der Waals surface area contributed by atoms with Crippen LogP contribution in [0.25, 0.3) is 0 Å². The summed E-state index contributed by atoms with van der Waals surface area (Å²) in [5, 5.41) is 11.7. The molecule has 5 nitrogen and oxygen atoms in total. The van der Waals surface area contributed by atoms with E-state index in [1.165, 1.54) is 19.3 Å². The molecule has 2 aliphatic rings. The molecule has 2 N–H and O–H groups in total. The van der Waals surface area contributed by atoms with Crippen molar-refractivity contribution < 1.29 is 14.7 Å². The summed E-state index contributed by atoms with van der Waals surface area (Å²) in [5.74, 6) is -0.232. The van der Waals surface area contributed by atoms with Crippen LogP contribution in [0.4, 0.5) is 4.79 Å². The fourth-order valence-electron chi connectivity index (χ4n) is 3.44. The second kappa shape index (κ2) is 5.39. The molecule has 2 rings (SSSR count). The predicted octanol–water partition coefficient (Wildman–Crippen LogP) is 2.21. The fourth-order valence-corrected chi connectivity index (χ4v) is 3.44. The van der Waals surface area contributed by atoms with Gasteiger partial charge < -0.3 is 15.3 Å². The number of rotatable bonds is 3. The maximum Gasteiger partial charge on any atom is 0.318 e. The fraction of sp³-hybridized carbons (Fsp3) is 0.857. The summed E-state index contributed by atoms with van der Waals surface area (Å²) in [6, 6.07) is 0.273. The number of nitrogens with zero attached hydrogens (tertiary/aromatic N) is 1. The highest BCUT2D eigenvalue weighted by atomic mass is 16.4. The molecule has 2 fully saturated rings. The topological polar surface area (TPSA) is 69.6 Å². The Morgan fingerprint density at radius 1 is 1.26 bits per heavy atom. The van der Waals surface area contributed by atoms with Crippen LogP contribution in [-0.2, 0) is 4.79 Å². The number of hydrogen-bond acceptors (Lipinski definition) is 2. The van der Waals surface area contributed by atoms with E-state index in [9.17, 15) is 9.59 Å². The average molecular weight is 268 g/mol. The number of carbonyl (C=O) groups excluding carboxylic acids is 1. The van der Waals surface area contributed by atoms with Crippen molar-refractivity contribution >= 4 is 12.0 Å². The molecule has 0 aromatic heterocycles. The molecule has 5 heteroatoms. The van der Waals surface area contributed by atoms with Crippen molar-refractivity contribution in [1.29, 1.82) is 0 Å². The molecule has 108 valence electrons. The van der Waals surface area contributed by atoms with Crippen LogP contribution in [0.1, 0.15) is 52.4 Å². The van der Waals surface area contributed by atoms with Crippen molar-refractivity contribution in [3.8, 4) is 0 Å². The Morgan fingerprint density at radius 2 is 1.95 bits per heavy atom. The number of amides is 2. The predicted molar refractivity (Wildman–Crippen MR) is 71.9 cm³/mol. The molecule has 0 bridgehead atoms. The zero-order chi connectivity index (χ0) is 14.0. The van der Waals surface area contributed by atoms with Crippen LogP contribution >= 0.6 is 0 Å². The van der Waals surface area contributed by atoms with Gasteiger partial charge in [0.05, 0.1) is 6.42 Å². The Bertz CT molecular complexity index is 368. The monoisotopic (exact) mass is 268 g/mol. The van der Waals surface area contributed by atoms with Crippen molar-refractivity contribution in [3.63, 3.8) is 0 Å². The van der Waals surface area contributed by atoms with Gasteiger partial charge in [0.1, 0.15) is 0 Å². The molecule has 1 saturated carbocycles. The zero-order valence-corrected chi connectivity index (χ0v) is 11.8. The Balaban J connectivity index is 1.94. The van der Waals surface area contributed by atoms with E-state index in [0.717, 1.165) is 19.4 Å². The summed E-state index contributed by atoms with van der Waals surface area (Å²) in [5.41, 5.74) is -0.699. The van der Waals surface area contributed by atoms with E-state index in [-0.39, 0.29) is 12.5 Å². The van der Waals surface area contributed by atoms with Gasteiger partial charge in [-0.25, -0.2) is 4.79 Å². The van der Waals surface area contributed by atoms with Gasteiger partial charge in [0.2, 0.25) is 0 Å². The van der Waals surface area contributed by atoms with Gasteiger partial charge in [-0.05, 0) is 39.0 Å². The highest BCUT2D eigenvalue weighted by molar-refractivity contribution is 5.77. The van der Waals surface area contributed by atoms with Crippen molar-refractivity contribution in [2.24, 2.45) is 5.92 Å². The summed E-state index contributed by atoms with van der Waals surface area (Å²) in [7, 11) is 0. The quantitative estimate of drug-likeness (QED) is 0.824. The standard InChI is InChI=1S/C14H24N2O3/c1-14(2,9-12(17)18)15-13(19)16-8-7-10-5-3-4-6-11(10)16/h10-11H,3-9H2,1-2H3,(H,15,19)(H,17,18). The maximum atomic E-state index is 12.3. The van der Waals surface area contributed by atoms with E-state index in [1.807, 2.05) is 4.90 Å². The molecule has 1 aliphatic heterocycles. The first-order valence-electron chi connectivity index (χ1n) is 7.20. The minimum absolute atomic E-state index is 0.0549. The molecule has 0 aromatic carbocycles. The van der Waals surface area contributed by atoms with E-state index in [1.54, 1.807) is 13.8 Å². The third-order valence-corrected chi connectivity index (χ3v) is 4.31. The lowest BCUT2D eigenvalue weighted by Gasteiger charge is -2.34. The first-order chi connectivity index (χ1) is 8.89. The highest BCUT2D eigenvalue weighted by Gasteiger charge is 2.39. The molecule has 2 unspecified atom stereocenters. The lowest BCUT2D eigenvalue weighted by atomic mass is 9.85. The van der Waals surface area contributed by atoms with E-state index < -0.39 is 11.5 Å². The molecule has 2 atom stereocenters. The van der Waals surface area contributed by atoms with Gasteiger partial charge >= 0.3 is 12.0 Å². The normalized spacial score (nSPS) is 26.9. The van der Waals surface area contributed by atoms with Crippen molar-refractivity contribution in [3.05, 3.63) is 0 Å². The Kier molecular flexibility index (Phi) is 4.02. The third-order valence-electron chi connectivity index (χ3n) is 4.31. The van der Waals surface area contributed by atoms with Crippen molar-refractivity contribution in [2.45, 2.75) is 64.0 Å². The number of carboxylic acid groups (broad SMARTS) is 1. The molecule has 0 aromatic rings. The number of hydrogen-bond donors (Lipinski definition) is 2. The van der Waals surface area contributed by atoms with Crippen LogP contribution in [0.5, 0.6) is 0 Å². The first-order valence-corrected chi connectivity index (χ1v) is 7.20. The summed E-state index contributed by atoms with van der Waals surface area (Å²) >= 11 is 0. The zero-order valence-electron chi connectivity index (χ0n) is 11.8. The van der Waals surface area contributed by atoms with Gasteiger partial charge in [-0.2, -0.15) is 0 Å². The molecular weight excluding hydrogens is 244 g/mol. The molecule has 2 amide bonds. The van der Waals surface area contributed by atoms with Gasteiger partial charge in [0.15, 0.2) is 0 Å². The molecule has 19 heavy (non-hydrogen) atoms. The lowest BCUT2D eigenvalue weighted by Crippen LogP contribution is -2.53. The molecule has 0 radical (unpaired) electrons. The van der Waals surface area contributed by atoms with Gasteiger partial charge in [0.25, 0.3) is 0 Å². The number of likely N-dealkylation sites (tertiary alicyclic amines) is 1. The van der Waals surface area contributed by atoms with Gasteiger partial charge in [-0.3, -0.25) is 4.79 Å². The van der Waals surface area contributed by atoms with Gasteiger partial charge in [0, 0.05) is 18.1 Å². The lowest BCUT2D eigenvalue weighted by molar-refractivity contribution is -0.138. The summed E-state index contributed by atoms with van der Waals surface area (Å²) in [4.78, 5) is 25.0. The number of nitrogens with one attached hydrogen (secondary N) is 1. The number of carbonyl (C=O) groups is 2. The maximum absolute atomic E-state index is 12.3. The van der Waals surface area contributed by atoms with Gasteiger partial charge in [-0.1, -0.05) is 12.8 Å². The van der Waals surface area contributed by atoms with Crippen molar-refractivity contribution in [2.75, 3.05) is 6.54 Å². The van der Waals surface area contributed by atoms with E-state index >= 15 is 0 Å². The van der Waals surface area contributed by atoms with Crippen LogP contribution in [-0.4, -0.2) is 40.1 Å². The second-order valence-corrected chi connectivity index (χ2v) is 6.48. The molecule has 1 saturated heterocycles. The van der Waals surface area contributed by atoms with Crippen LogP contribution in [0.2, 0.25) is 0 Å². The molecule has 0 spiro atoms. The Morgan fingerprint density at radius 3 is 2.63 bits per heavy atom. The summed E-state index contributed by atoms with van der Waals surface area (Å²) in [6.45, 7) is 4.32. The minimum atomic E-state index is -0.887. The summed E-state index contributed by atoms with van der Waals surface area (Å²) < 4.78 is 0. The molecular formula is C14H24N2O3. The number of aliphatic carboxylic acids is 1. The Hall–Kier alpha value is -1.26. The van der Waals surface area contributed by atoms with Crippen LogP contribution in [0.15, 0.2) is 0 Å². The SMILES string of the molecule is CC(C)(CC(=O)O)NC(=O)N1CCC2CCCCC21. The minimum Gasteiger partial charge on any atom is -0.481 e. The van der Waals surface area contributed by atoms with Crippen LogP contribution in [0, 0.1) is 5.92 Å². The number of carboxylic acids is 1. The van der Waals surface area contributed by atoms with E-state index in [0.29, 0.717) is 12.0 Å². The summed E-state index contributed by atoms with van der Waals surface area (Å²) in [6.07, 6.45) is 5.84. The highest BCUT2D eigenvalue weighted by Crippen LogP contribution is 2.36. The van der Waals surface area contributed by atoms with E-state index in [2.05, 4.69) is 5.32 Å². The number of fused-ring (bicyclic) bond motifs is 1. The smallest absolute Gasteiger partial charge is 0.318 e. The third kappa shape index (κ3) is 3.39. The van der Waals surface area contributed by atoms with E-state index in [4.69, 9.17) is 5.11 Å². The van der Waals surface area contributed by atoms with Crippen LogP contribution in [0.3, 0.4) is 0 Å². The largest absolute Gasteiger partial charge is 0.481 e. The molecule has 1 heterocycles. The second-order valence-electron chi connectivity index (χ2n) is 6.48. The average Bonchev–Trinajstić information content (AvgIpc) is 2.69. The first kappa shape index (κ1) is 14.2. The number of urea groups is 1.